The van der Waals surface area contributed by atoms with Crippen molar-refractivity contribution in [2.24, 2.45) is 5.73 Å². The Morgan fingerprint density at radius 3 is 2.65 bits per heavy atom. The molecule has 156 valence electrons. The molecule has 1 aromatic carbocycles. The van der Waals surface area contributed by atoms with Crippen LogP contribution < -0.4 is 11.1 Å². The molecule has 3 aromatic rings. The fourth-order valence-electron chi connectivity index (χ4n) is 3.33. The van der Waals surface area contributed by atoms with E-state index in [-0.39, 0.29) is 28.9 Å². The van der Waals surface area contributed by atoms with Crippen molar-refractivity contribution in [3.63, 3.8) is 0 Å². The van der Waals surface area contributed by atoms with Gasteiger partial charge in [0.2, 0.25) is 5.95 Å². The fraction of sp³-hybridized carbons (Fsp3) is 0.150. The number of carbonyl (C=O) groups is 2. The van der Waals surface area contributed by atoms with Crippen molar-refractivity contribution in [3.05, 3.63) is 64.3 Å². The number of primary amides is 1. The number of urea groups is 1. The molecule has 11 heteroatoms. The highest BCUT2D eigenvalue weighted by molar-refractivity contribution is 6.30. The Kier molecular flexibility index (Phi) is 5.27. The van der Waals surface area contributed by atoms with Gasteiger partial charge in [0.05, 0.1) is 41.0 Å². The number of nitriles is 1. The van der Waals surface area contributed by atoms with E-state index in [1.165, 1.54) is 17.2 Å². The van der Waals surface area contributed by atoms with Crippen molar-refractivity contribution in [2.75, 3.05) is 11.9 Å². The second kappa shape index (κ2) is 8.04. The number of pyridine rings is 1. The first-order valence-electron chi connectivity index (χ1n) is 9.14. The van der Waals surface area contributed by atoms with Gasteiger partial charge >= 0.3 is 6.03 Å². The predicted octanol–water partition coefficient (Wildman–Crippen LogP) is 2.76. The number of benzene rings is 1. The molecule has 0 radical (unpaired) electrons. The second-order valence-corrected chi connectivity index (χ2v) is 7.20. The molecule has 3 amide bonds. The summed E-state index contributed by atoms with van der Waals surface area (Å²) in [6.45, 7) is 0.769. The molecule has 3 N–H and O–H groups in total. The predicted molar refractivity (Wildman–Crippen MR) is 110 cm³/mol. The number of halogens is 2. The minimum Gasteiger partial charge on any atom is -0.365 e. The van der Waals surface area contributed by atoms with E-state index in [1.54, 1.807) is 28.9 Å². The van der Waals surface area contributed by atoms with Crippen molar-refractivity contribution < 1.29 is 14.0 Å². The molecular formula is C20H15ClFN7O2. The first-order valence-corrected chi connectivity index (χ1v) is 9.52. The van der Waals surface area contributed by atoms with E-state index in [1.807, 2.05) is 6.07 Å². The summed E-state index contributed by atoms with van der Waals surface area (Å²) in [6, 6.07) is 9.41. The number of anilines is 1. The first-order chi connectivity index (χ1) is 14.9. The van der Waals surface area contributed by atoms with Gasteiger partial charge in [0.15, 0.2) is 0 Å². The van der Waals surface area contributed by atoms with E-state index in [9.17, 15) is 14.0 Å². The summed E-state index contributed by atoms with van der Waals surface area (Å²) >= 11 is 5.82. The van der Waals surface area contributed by atoms with Crippen LogP contribution >= 0.6 is 11.6 Å². The van der Waals surface area contributed by atoms with Crippen molar-refractivity contribution in [2.45, 2.75) is 13.1 Å². The highest BCUT2D eigenvalue weighted by atomic mass is 35.5. The molecule has 4 rings (SSSR count). The van der Waals surface area contributed by atoms with E-state index in [4.69, 9.17) is 22.6 Å². The third-order valence-corrected chi connectivity index (χ3v) is 5.11. The highest BCUT2D eigenvalue weighted by Crippen LogP contribution is 2.30. The summed E-state index contributed by atoms with van der Waals surface area (Å²) in [5, 5.41) is 15.8. The Bertz CT molecular complexity index is 1230. The zero-order chi connectivity index (χ0) is 22.1. The average molecular weight is 440 g/mol. The molecule has 1 aliphatic rings. The van der Waals surface area contributed by atoms with Gasteiger partial charge in [-0.05, 0) is 30.3 Å². The number of nitrogens with two attached hydrogens (primary N) is 1. The van der Waals surface area contributed by atoms with Crippen LogP contribution in [0.4, 0.5) is 14.9 Å². The van der Waals surface area contributed by atoms with Crippen LogP contribution in [0, 0.1) is 17.3 Å². The second-order valence-electron chi connectivity index (χ2n) is 6.80. The van der Waals surface area contributed by atoms with Gasteiger partial charge in [0.25, 0.3) is 5.91 Å². The molecular weight excluding hydrogens is 425 g/mol. The van der Waals surface area contributed by atoms with Crippen LogP contribution in [0.25, 0.3) is 11.3 Å². The summed E-state index contributed by atoms with van der Waals surface area (Å²) in [7, 11) is 0. The fourth-order valence-corrected chi connectivity index (χ4v) is 3.50. The van der Waals surface area contributed by atoms with E-state index in [0.717, 1.165) is 0 Å². The summed E-state index contributed by atoms with van der Waals surface area (Å²) in [4.78, 5) is 30.0. The van der Waals surface area contributed by atoms with Gasteiger partial charge in [0, 0.05) is 24.0 Å². The standard InChI is InChI=1S/C20H15ClFN7O2/c21-14-7-12(9-25-18(14)22)17-16(19(24)30)15-10-28(5-6-29(15)27-17)20(31)26-13-3-1-11(8-23)2-4-13/h1-4,7,9H,5-6,10H2,(H2,24,30)(H,26,31). The zero-order valence-corrected chi connectivity index (χ0v) is 16.7. The molecule has 31 heavy (non-hydrogen) atoms. The summed E-state index contributed by atoms with van der Waals surface area (Å²) in [5.74, 6) is -1.56. The third-order valence-electron chi connectivity index (χ3n) is 4.85. The molecule has 0 saturated heterocycles. The van der Waals surface area contributed by atoms with E-state index >= 15 is 0 Å². The number of nitrogens with one attached hydrogen (secondary N) is 1. The lowest BCUT2D eigenvalue weighted by atomic mass is 10.1. The number of fused-ring (bicyclic) bond motifs is 1. The lowest BCUT2D eigenvalue weighted by Crippen LogP contribution is -2.41. The van der Waals surface area contributed by atoms with Gasteiger partial charge in [-0.2, -0.15) is 14.8 Å². The van der Waals surface area contributed by atoms with E-state index in [2.05, 4.69) is 15.4 Å². The molecule has 0 spiro atoms. The smallest absolute Gasteiger partial charge is 0.322 e. The van der Waals surface area contributed by atoms with Gasteiger partial charge < -0.3 is 16.0 Å². The van der Waals surface area contributed by atoms with E-state index in [0.29, 0.717) is 35.6 Å². The summed E-state index contributed by atoms with van der Waals surface area (Å²) in [5.41, 5.74) is 7.77. The average Bonchev–Trinajstić information content (AvgIpc) is 3.15. The third kappa shape index (κ3) is 3.91. The molecule has 0 bridgehead atoms. The van der Waals surface area contributed by atoms with Gasteiger partial charge in [-0.15, -0.1) is 0 Å². The minimum atomic E-state index is -0.833. The van der Waals surface area contributed by atoms with Crippen LogP contribution in [-0.4, -0.2) is 38.1 Å². The van der Waals surface area contributed by atoms with Crippen molar-refractivity contribution in [1.82, 2.24) is 19.7 Å². The Labute approximate surface area is 180 Å². The summed E-state index contributed by atoms with van der Waals surface area (Å²) in [6.07, 6.45) is 1.22. The van der Waals surface area contributed by atoms with Crippen molar-refractivity contribution in [1.29, 1.82) is 5.26 Å². The Balaban J connectivity index is 1.61. The van der Waals surface area contributed by atoms with Gasteiger partial charge in [-0.3, -0.25) is 9.48 Å². The first kappa shape index (κ1) is 20.3. The highest BCUT2D eigenvalue weighted by Gasteiger charge is 2.30. The quantitative estimate of drug-likeness (QED) is 0.606. The normalized spacial score (nSPS) is 12.7. The van der Waals surface area contributed by atoms with Crippen molar-refractivity contribution in [3.8, 4) is 17.3 Å². The molecule has 9 nitrogen and oxygen atoms in total. The number of hydrogen-bond donors (Lipinski definition) is 2. The Hall–Kier alpha value is -3.97. The molecule has 0 unspecified atom stereocenters. The number of rotatable bonds is 3. The molecule has 0 atom stereocenters. The Morgan fingerprint density at radius 2 is 2.00 bits per heavy atom. The number of carbonyl (C=O) groups excluding carboxylic acids is 2. The largest absolute Gasteiger partial charge is 0.365 e. The molecule has 0 saturated carbocycles. The summed E-state index contributed by atoms with van der Waals surface area (Å²) < 4.78 is 15.0. The molecule has 2 aromatic heterocycles. The van der Waals surface area contributed by atoms with E-state index < -0.39 is 11.9 Å². The topological polar surface area (TPSA) is 130 Å². The number of hydrogen-bond acceptors (Lipinski definition) is 5. The van der Waals surface area contributed by atoms with Crippen LogP contribution in [0.2, 0.25) is 5.02 Å². The van der Waals surface area contributed by atoms with Gasteiger partial charge in [0.1, 0.15) is 5.69 Å². The molecule has 0 aliphatic carbocycles. The van der Waals surface area contributed by atoms with Crippen LogP contribution in [-0.2, 0) is 13.1 Å². The monoisotopic (exact) mass is 439 g/mol. The maximum Gasteiger partial charge on any atom is 0.322 e. The Morgan fingerprint density at radius 1 is 1.26 bits per heavy atom. The van der Waals surface area contributed by atoms with Crippen LogP contribution in [0.5, 0.6) is 0 Å². The van der Waals surface area contributed by atoms with Gasteiger partial charge in [-0.25, -0.2) is 9.78 Å². The number of aromatic nitrogens is 3. The SMILES string of the molecule is N#Cc1ccc(NC(=O)N2CCn3nc(-c4cnc(F)c(Cl)c4)c(C(N)=O)c3C2)cc1. The number of nitrogens with zero attached hydrogens (tertiary/aromatic N) is 5. The van der Waals surface area contributed by atoms with Crippen LogP contribution in [0.3, 0.4) is 0 Å². The lowest BCUT2D eigenvalue weighted by molar-refractivity contribution is 0.0997. The zero-order valence-electron chi connectivity index (χ0n) is 16.0. The minimum absolute atomic E-state index is 0.0930. The van der Waals surface area contributed by atoms with Crippen LogP contribution in [0.1, 0.15) is 21.6 Å². The maximum absolute atomic E-state index is 13.4. The van der Waals surface area contributed by atoms with Crippen molar-refractivity contribution >= 4 is 29.2 Å². The number of amides is 3. The molecule has 1 aliphatic heterocycles. The lowest BCUT2D eigenvalue weighted by Gasteiger charge is -2.28. The van der Waals surface area contributed by atoms with Gasteiger partial charge in [-0.1, -0.05) is 11.6 Å². The molecule has 0 fully saturated rings. The van der Waals surface area contributed by atoms with Crippen LogP contribution in [0.15, 0.2) is 36.5 Å². The molecule has 3 heterocycles. The maximum atomic E-state index is 13.4.